The Morgan fingerprint density at radius 1 is 0.733 bits per heavy atom. The molecule has 0 aliphatic heterocycles. The molecule has 1 atom stereocenters. The van der Waals surface area contributed by atoms with Crippen molar-refractivity contribution in [3.8, 4) is 11.5 Å². The lowest BCUT2D eigenvalue weighted by Crippen LogP contribution is -2.31. The van der Waals surface area contributed by atoms with Gasteiger partial charge in [0, 0.05) is 0 Å². The van der Waals surface area contributed by atoms with Gasteiger partial charge < -0.3 is 14.6 Å². The van der Waals surface area contributed by atoms with E-state index in [0.29, 0.717) is 23.3 Å². The average Bonchev–Trinajstić information content (AvgIpc) is 3.06. The van der Waals surface area contributed by atoms with Gasteiger partial charge in [0.2, 0.25) is 0 Å². The number of carbonyl (C=O) groups excluding carboxylic acids is 2. The van der Waals surface area contributed by atoms with Crippen molar-refractivity contribution in [2.45, 2.75) is 157 Å². The zero-order valence-electron chi connectivity index (χ0n) is 29.6. The van der Waals surface area contributed by atoms with Crippen molar-refractivity contribution in [1.82, 2.24) is 0 Å². The number of hydrogen-bond acceptors (Lipinski definition) is 5. The van der Waals surface area contributed by atoms with Gasteiger partial charge in [-0.3, -0.25) is 9.59 Å². The number of carbonyl (C=O) groups is 2. The molecule has 2 saturated carbocycles. The van der Waals surface area contributed by atoms with E-state index in [0.717, 1.165) is 32.1 Å². The van der Waals surface area contributed by atoms with Crippen LogP contribution in [0.5, 0.6) is 11.5 Å². The maximum Gasteiger partial charge on any atom is 0.316 e. The fourth-order valence-electron chi connectivity index (χ4n) is 5.31. The third-order valence-corrected chi connectivity index (χ3v) is 9.94. The fraction of sp³-hybridized carbons (Fsp3) is 0.650. The molecule has 2 aromatic carbocycles. The van der Waals surface area contributed by atoms with E-state index in [4.69, 9.17) is 14.6 Å². The first-order valence-corrected chi connectivity index (χ1v) is 17.6. The largest absolute Gasteiger partial charge is 0.508 e. The highest BCUT2D eigenvalue weighted by molar-refractivity contribution is 5.78. The monoisotopic (exact) mass is 622 g/mol. The topological polar surface area (TPSA) is 72.8 Å². The van der Waals surface area contributed by atoms with Crippen LogP contribution in [-0.2, 0) is 14.3 Å². The van der Waals surface area contributed by atoms with Gasteiger partial charge in [0.15, 0.2) is 0 Å². The summed E-state index contributed by atoms with van der Waals surface area (Å²) in [5.41, 5.74) is 1.96. The number of hydrogen-bond donors (Lipinski definition) is 1. The van der Waals surface area contributed by atoms with E-state index in [9.17, 15) is 9.59 Å². The van der Waals surface area contributed by atoms with Gasteiger partial charge in [-0.25, -0.2) is 0 Å². The van der Waals surface area contributed by atoms with Gasteiger partial charge in [0.1, 0.15) is 17.6 Å². The van der Waals surface area contributed by atoms with Crippen molar-refractivity contribution in [3.05, 3.63) is 59.7 Å². The summed E-state index contributed by atoms with van der Waals surface area (Å²) in [6.45, 7) is 16.1. The van der Waals surface area contributed by atoms with Crippen LogP contribution in [0.4, 0.5) is 0 Å². The van der Waals surface area contributed by atoms with E-state index in [1.807, 2.05) is 65.8 Å². The maximum atomic E-state index is 12.0. The van der Waals surface area contributed by atoms with Gasteiger partial charge >= 0.3 is 11.9 Å². The molecule has 0 saturated heterocycles. The molecule has 2 fully saturated rings. The van der Waals surface area contributed by atoms with E-state index in [1.54, 1.807) is 12.1 Å². The van der Waals surface area contributed by atoms with Crippen molar-refractivity contribution < 1.29 is 24.2 Å². The maximum absolute atomic E-state index is 12.0. The molecular formula is C40H62O5. The zero-order chi connectivity index (χ0) is 33.5. The summed E-state index contributed by atoms with van der Waals surface area (Å²) in [7, 11) is 0. The number of ether oxygens (including phenoxy) is 2. The quantitative estimate of drug-likeness (QED) is 0.222. The minimum Gasteiger partial charge on any atom is -0.508 e. The molecule has 2 aliphatic rings. The van der Waals surface area contributed by atoms with Crippen molar-refractivity contribution in [2.75, 3.05) is 0 Å². The van der Waals surface area contributed by atoms with E-state index >= 15 is 0 Å². The summed E-state index contributed by atoms with van der Waals surface area (Å²) < 4.78 is 11.0. The molecule has 5 nitrogen and oxygen atoms in total. The van der Waals surface area contributed by atoms with Gasteiger partial charge in [-0.1, -0.05) is 77.6 Å². The Balaban J connectivity index is 0.000000248. The smallest absolute Gasteiger partial charge is 0.316 e. The first-order chi connectivity index (χ1) is 21.3. The van der Waals surface area contributed by atoms with E-state index in [2.05, 4.69) is 26.0 Å². The molecule has 252 valence electrons. The number of rotatable bonds is 9. The number of phenols is 1. The molecular weight excluding hydrogens is 560 g/mol. The molecule has 0 aromatic heterocycles. The van der Waals surface area contributed by atoms with Gasteiger partial charge in [-0.15, -0.1) is 0 Å². The molecule has 45 heavy (non-hydrogen) atoms. The minimum absolute atomic E-state index is 0.0214. The van der Waals surface area contributed by atoms with Crippen LogP contribution in [0.2, 0.25) is 0 Å². The molecule has 2 aliphatic carbocycles. The molecule has 1 N–H and O–H groups in total. The molecule has 0 heterocycles. The number of benzene rings is 2. The summed E-state index contributed by atoms with van der Waals surface area (Å²) in [5.74, 6) is 2.13. The summed E-state index contributed by atoms with van der Waals surface area (Å²) in [6, 6.07) is 15.5. The molecule has 0 bridgehead atoms. The summed E-state index contributed by atoms with van der Waals surface area (Å²) in [4.78, 5) is 23.8. The number of phenolic OH excluding ortho intramolecular Hbond substituents is 1. The van der Waals surface area contributed by atoms with E-state index in [1.165, 1.54) is 62.5 Å². The Morgan fingerprint density at radius 2 is 1.22 bits per heavy atom. The highest BCUT2D eigenvalue weighted by atomic mass is 16.5. The summed E-state index contributed by atoms with van der Waals surface area (Å²) in [6.07, 6.45) is 15.5. The molecule has 0 radical (unpaired) electrons. The van der Waals surface area contributed by atoms with Crippen molar-refractivity contribution in [3.63, 3.8) is 0 Å². The van der Waals surface area contributed by atoms with Crippen molar-refractivity contribution in [2.24, 2.45) is 10.8 Å². The molecule has 2 aromatic rings. The lowest BCUT2D eigenvalue weighted by molar-refractivity contribution is -0.161. The number of esters is 2. The van der Waals surface area contributed by atoms with Crippen LogP contribution >= 0.6 is 0 Å². The van der Waals surface area contributed by atoms with Gasteiger partial charge in [0.05, 0.1) is 10.8 Å². The third kappa shape index (κ3) is 13.2. The predicted octanol–water partition coefficient (Wildman–Crippen LogP) is 11.3. The van der Waals surface area contributed by atoms with E-state index < -0.39 is 5.41 Å². The Morgan fingerprint density at radius 3 is 1.71 bits per heavy atom. The Kier molecular flexibility index (Phi) is 16.2. The lowest BCUT2D eigenvalue weighted by atomic mass is 9.84. The van der Waals surface area contributed by atoms with Crippen molar-refractivity contribution in [1.29, 1.82) is 0 Å². The second kappa shape index (κ2) is 19.0. The third-order valence-electron chi connectivity index (χ3n) is 9.94. The average molecular weight is 623 g/mol. The SMILES string of the molecule is CCC(C)(C)C(=O)OC1CCCCC1.CCC(C)(C)C(=O)Oc1ccc(C2CCCCC2)cc1.CCC(C)c1ccc(O)cc1. The first-order valence-electron chi connectivity index (χ1n) is 17.6. The second-order valence-electron chi connectivity index (χ2n) is 14.3. The Labute approximate surface area is 274 Å². The minimum atomic E-state index is -0.415. The van der Waals surface area contributed by atoms with Crippen LogP contribution in [0.3, 0.4) is 0 Å². The molecule has 1 unspecified atom stereocenters. The first kappa shape index (κ1) is 38.4. The number of aromatic hydroxyl groups is 1. The van der Waals surface area contributed by atoms with Crippen molar-refractivity contribution >= 4 is 11.9 Å². The summed E-state index contributed by atoms with van der Waals surface area (Å²) >= 11 is 0. The highest BCUT2D eigenvalue weighted by Gasteiger charge is 2.30. The van der Waals surface area contributed by atoms with Gasteiger partial charge in [-0.2, -0.15) is 0 Å². The predicted molar refractivity (Wildman–Crippen MR) is 186 cm³/mol. The Bertz CT molecular complexity index is 1120. The molecule has 0 spiro atoms. The second-order valence-corrected chi connectivity index (χ2v) is 14.3. The fourth-order valence-corrected chi connectivity index (χ4v) is 5.31. The zero-order valence-corrected chi connectivity index (χ0v) is 29.6. The lowest BCUT2D eigenvalue weighted by Gasteiger charge is -2.27. The standard InChI is InChI=1S/C18H26O2.C12H22O2.C10H14O/c1-4-18(2,3)17(19)20-16-12-10-15(11-13-16)14-8-6-5-7-9-14;1-4-12(2,3)11(13)14-10-8-6-5-7-9-10;1-3-8(2)9-4-6-10(11)7-5-9/h10-14H,4-9H2,1-3H3;10H,4-9H2,1-3H3;4-8,11H,3H2,1-2H3. The normalized spacial score (nSPS) is 16.7. The van der Waals surface area contributed by atoms with Crippen LogP contribution in [0.15, 0.2) is 48.5 Å². The highest BCUT2D eigenvalue weighted by Crippen LogP contribution is 2.34. The van der Waals surface area contributed by atoms with Crippen LogP contribution < -0.4 is 4.74 Å². The van der Waals surface area contributed by atoms with Gasteiger partial charge in [0.25, 0.3) is 0 Å². The Hall–Kier alpha value is -2.82. The van der Waals surface area contributed by atoms with Crippen LogP contribution in [0.1, 0.15) is 162 Å². The summed E-state index contributed by atoms with van der Waals surface area (Å²) in [5, 5.41) is 9.01. The molecule has 5 heteroatoms. The van der Waals surface area contributed by atoms with Crippen LogP contribution in [0.25, 0.3) is 0 Å². The van der Waals surface area contributed by atoms with Gasteiger partial charge in [-0.05, 0) is 133 Å². The van der Waals surface area contributed by atoms with Crippen LogP contribution in [-0.4, -0.2) is 23.1 Å². The van der Waals surface area contributed by atoms with Crippen LogP contribution in [0, 0.1) is 10.8 Å². The van der Waals surface area contributed by atoms with E-state index in [-0.39, 0.29) is 23.5 Å². The molecule has 4 rings (SSSR count). The molecule has 0 amide bonds.